The van der Waals surface area contributed by atoms with Crippen LogP contribution in [0.1, 0.15) is 50.3 Å². The molecule has 2 fully saturated rings. The Balaban J connectivity index is 1.59. The fourth-order valence-electron chi connectivity index (χ4n) is 3.21. The molecule has 18 heavy (non-hydrogen) atoms. The molecule has 3 nitrogen and oxygen atoms in total. The second-order valence-corrected chi connectivity index (χ2v) is 6.99. The van der Waals surface area contributed by atoms with E-state index in [4.69, 9.17) is 5.10 Å². The third-order valence-corrected chi connectivity index (χ3v) is 4.94. The van der Waals surface area contributed by atoms with Gasteiger partial charge in [0.05, 0.1) is 11.7 Å². The highest BCUT2D eigenvalue weighted by atomic mass is 79.9. The lowest BCUT2D eigenvalue weighted by atomic mass is 10.1. The number of hydrogen-bond donors (Lipinski definition) is 0. The molecule has 1 saturated carbocycles. The van der Waals surface area contributed by atoms with E-state index in [2.05, 4.69) is 37.8 Å². The van der Waals surface area contributed by atoms with Crippen LogP contribution in [0.4, 0.5) is 0 Å². The summed E-state index contributed by atoms with van der Waals surface area (Å²) in [5.41, 5.74) is 1.24. The van der Waals surface area contributed by atoms with Crippen LogP contribution >= 0.6 is 15.9 Å². The van der Waals surface area contributed by atoms with Gasteiger partial charge in [-0.15, -0.1) is 0 Å². The Morgan fingerprint density at radius 1 is 1.22 bits per heavy atom. The highest BCUT2D eigenvalue weighted by Crippen LogP contribution is 2.28. The Hall–Kier alpha value is -0.350. The third kappa shape index (κ3) is 2.97. The normalized spacial score (nSPS) is 26.8. The Kier molecular flexibility index (Phi) is 4.04. The van der Waals surface area contributed by atoms with Gasteiger partial charge in [-0.3, -0.25) is 9.58 Å². The van der Waals surface area contributed by atoms with Crippen molar-refractivity contribution in [1.82, 2.24) is 14.7 Å². The van der Waals surface area contributed by atoms with Gasteiger partial charge in [0.25, 0.3) is 0 Å². The molecule has 0 spiro atoms. The van der Waals surface area contributed by atoms with Crippen molar-refractivity contribution in [3.05, 3.63) is 18.0 Å². The summed E-state index contributed by atoms with van der Waals surface area (Å²) < 4.78 is 2.21. The van der Waals surface area contributed by atoms with Crippen LogP contribution in [-0.4, -0.2) is 32.6 Å². The Morgan fingerprint density at radius 3 is 2.83 bits per heavy atom. The molecule has 100 valence electrons. The summed E-state index contributed by atoms with van der Waals surface area (Å²) >= 11 is 3.73. The summed E-state index contributed by atoms with van der Waals surface area (Å²) in [5, 5.41) is 4.77. The predicted octanol–water partition coefficient (Wildman–Crippen LogP) is 3.36. The minimum Gasteiger partial charge on any atom is -0.296 e. The molecule has 0 radical (unpaired) electrons. The molecule has 0 N–H and O–H groups in total. The summed E-state index contributed by atoms with van der Waals surface area (Å²) in [4.78, 5) is 3.19. The number of piperidine rings is 1. The number of likely N-dealkylation sites (tertiary alicyclic amines) is 1. The Bertz CT molecular complexity index is 384. The van der Waals surface area contributed by atoms with Crippen LogP contribution in [0.25, 0.3) is 0 Å². The highest BCUT2D eigenvalue weighted by Gasteiger charge is 2.20. The second kappa shape index (κ2) is 5.74. The topological polar surface area (TPSA) is 21.1 Å². The van der Waals surface area contributed by atoms with Gasteiger partial charge in [-0.2, -0.15) is 5.10 Å². The minimum atomic E-state index is 0.670. The van der Waals surface area contributed by atoms with Crippen LogP contribution in [0.15, 0.2) is 12.3 Å². The first-order chi connectivity index (χ1) is 8.81. The zero-order chi connectivity index (χ0) is 12.4. The second-order valence-electron chi connectivity index (χ2n) is 5.70. The fourth-order valence-corrected chi connectivity index (χ4v) is 3.94. The van der Waals surface area contributed by atoms with Crippen LogP contribution in [0.3, 0.4) is 0 Å². The van der Waals surface area contributed by atoms with Crippen molar-refractivity contribution >= 4 is 15.9 Å². The molecule has 2 heterocycles. The highest BCUT2D eigenvalue weighted by molar-refractivity contribution is 9.09. The van der Waals surface area contributed by atoms with E-state index in [0.29, 0.717) is 10.9 Å². The maximum atomic E-state index is 4.77. The minimum absolute atomic E-state index is 0.670. The lowest BCUT2D eigenvalue weighted by Gasteiger charge is -2.29. The van der Waals surface area contributed by atoms with E-state index in [0.717, 1.165) is 13.1 Å². The molecule has 3 rings (SSSR count). The van der Waals surface area contributed by atoms with E-state index in [1.165, 1.54) is 50.8 Å². The first kappa shape index (κ1) is 12.7. The monoisotopic (exact) mass is 311 g/mol. The van der Waals surface area contributed by atoms with Crippen LogP contribution in [0.2, 0.25) is 0 Å². The first-order valence-electron chi connectivity index (χ1n) is 7.22. The smallest absolute Gasteiger partial charge is 0.0764 e. The zero-order valence-electron chi connectivity index (χ0n) is 10.9. The van der Waals surface area contributed by atoms with Crippen LogP contribution in [0.5, 0.6) is 0 Å². The van der Waals surface area contributed by atoms with Gasteiger partial charge in [-0.05, 0) is 38.3 Å². The van der Waals surface area contributed by atoms with Crippen LogP contribution in [-0.2, 0) is 6.54 Å². The van der Waals surface area contributed by atoms with Crippen molar-refractivity contribution in [3.63, 3.8) is 0 Å². The molecule has 2 aliphatic rings. The van der Waals surface area contributed by atoms with Gasteiger partial charge in [0.15, 0.2) is 0 Å². The lowest BCUT2D eigenvalue weighted by molar-refractivity contribution is 0.224. The van der Waals surface area contributed by atoms with Gasteiger partial charge in [0.2, 0.25) is 0 Å². The number of rotatable bonds is 3. The number of alkyl halides is 1. The molecule has 1 atom stereocenters. The molecule has 1 aliphatic carbocycles. The van der Waals surface area contributed by atoms with Crippen molar-refractivity contribution in [1.29, 1.82) is 0 Å². The van der Waals surface area contributed by atoms with Crippen molar-refractivity contribution in [2.24, 2.45) is 0 Å². The predicted molar refractivity (Wildman–Crippen MR) is 77.0 cm³/mol. The van der Waals surface area contributed by atoms with Gasteiger partial charge in [0.1, 0.15) is 0 Å². The van der Waals surface area contributed by atoms with Crippen LogP contribution in [0, 0.1) is 0 Å². The molecule has 1 aromatic heterocycles. The molecule has 0 amide bonds. The van der Waals surface area contributed by atoms with E-state index in [9.17, 15) is 0 Å². The maximum Gasteiger partial charge on any atom is 0.0764 e. The van der Waals surface area contributed by atoms with Crippen molar-refractivity contribution in [2.45, 2.75) is 55.9 Å². The van der Waals surface area contributed by atoms with E-state index in [-0.39, 0.29) is 0 Å². The standard InChI is InChI=1S/C14H22BrN3/c15-12-4-3-8-17(10-12)11-13-7-9-18(16-13)14-5-1-2-6-14/h7,9,12,14H,1-6,8,10-11H2. The Morgan fingerprint density at radius 2 is 2.06 bits per heavy atom. The number of aromatic nitrogens is 2. The van der Waals surface area contributed by atoms with E-state index in [1.807, 2.05) is 0 Å². The average Bonchev–Trinajstić information content (AvgIpc) is 2.98. The van der Waals surface area contributed by atoms with Gasteiger partial charge in [0, 0.05) is 24.1 Å². The lowest BCUT2D eigenvalue weighted by Crippen LogP contribution is -2.35. The summed E-state index contributed by atoms with van der Waals surface area (Å²) in [6.45, 7) is 3.40. The third-order valence-electron chi connectivity index (χ3n) is 4.20. The molecule has 1 saturated heterocycles. The molecule has 1 unspecified atom stereocenters. The van der Waals surface area contributed by atoms with Crippen molar-refractivity contribution < 1.29 is 0 Å². The molecule has 4 heteroatoms. The summed E-state index contributed by atoms with van der Waals surface area (Å²) in [6.07, 6.45) is 10.2. The SMILES string of the molecule is BrC1CCCN(Cc2ccn(C3CCCC3)n2)C1. The zero-order valence-corrected chi connectivity index (χ0v) is 12.5. The number of hydrogen-bond acceptors (Lipinski definition) is 2. The number of halogens is 1. The molecular weight excluding hydrogens is 290 g/mol. The number of nitrogens with zero attached hydrogens (tertiary/aromatic N) is 3. The van der Waals surface area contributed by atoms with Gasteiger partial charge in [-0.25, -0.2) is 0 Å². The maximum absolute atomic E-state index is 4.77. The van der Waals surface area contributed by atoms with Gasteiger partial charge >= 0.3 is 0 Å². The molecule has 0 aromatic carbocycles. The van der Waals surface area contributed by atoms with E-state index in [1.54, 1.807) is 0 Å². The van der Waals surface area contributed by atoms with E-state index < -0.39 is 0 Å². The fraction of sp³-hybridized carbons (Fsp3) is 0.786. The summed E-state index contributed by atoms with van der Waals surface area (Å²) in [7, 11) is 0. The molecule has 1 aliphatic heterocycles. The van der Waals surface area contributed by atoms with Crippen molar-refractivity contribution in [2.75, 3.05) is 13.1 Å². The van der Waals surface area contributed by atoms with Crippen molar-refractivity contribution in [3.8, 4) is 0 Å². The van der Waals surface area contributed by atoms with E-state index >= 15 is 0 Å². The summed E-state index contributed by atoms with van der Waals surface area (Å²) in [6, 6.07) is 2.87. The average molecular weight is 312 g/mol. The largest absolute Gasteiger partial charge is 0.296 e. The van der Waals surface area contributed by atoms with Gasteiger partial charge < -0.3 is 0 Å². The quantitative estimate of drug-likeness (QED) is 0.798. The Labute approximate surface area is 118 Å². The summed E-state index contributed by atoms with van der Waals surface area (Å²) in [5.74, 6) is 0. The first-order valence-corrected chi connectivity index (χ1v) is 8.13. The molecular formula is C14H22BrN3. The molecule has 1 aromatic rings. The van der Waals surface area contributed by atoms with Gasteiger partial charge in [-0.1, -0.05) is 28.8 Å². The van der Waals surface area contributed by atoms with Crippen LogP contribution < -0.4 is 0 Å². The molecule has 0 bridgehead atoms.